The molecule has 0 radical (unpaired) electrons. The third-order valence-electron chi connectivity index (χ3n) is 5.38. The topological polar surface area (TPSA) is 122 Å². The van der Waals surface area contributed by atoms with E-state index in [1.54, 1.807) is 24.3 Å². The minimum atomic E-state index is -0.934. The Hall–Kier alpha value is -4.18. The highest BCUT2D eigenvalue weighted by atomic mass is 32.1. The summed E-state index contributed by atoms with van der Waals surface area (Å²) in [6.07, 6.45) is 3.21. The maximum absolute atomic E-state index is 12.6. The summed E-state index contributed by atoms with van der Waals surface area (Å²) < 4.78 is 11.4. The van der Waals surface area contributed by atoms with Crippen molar-refractivity contribution >= 4 is 35.3 Å². The number of fused-ring (bicyclic) bond motifs is 1. The van der Waals surface area contributed by atoms with Crippen LogP contribution in [0.5, 0.6) is 11.6 Å². The number of rotatable bonds is 7. The number of carbonyl (C=O) groups excluding carboxylic acids is 1. The first-order valence-electron chi connectivity index (χ1n) is 10.3. The summed E-state index contributed by atoms with van der Waals surface area (Å²) in [5.41, 5.74) is 1.49. The van der Waals surface area contributed by atoms with E-state index in [0.717, 1.165) is 22.7 Å². The molecule has 9 nitrogen and oxygen atoms in total. The Balaban J connectivity index is 1.73. The number of hydrogen-bond donors (Lipinski definition) is 3. The van der Waals surface area contributed by atoms with Gasteiger partial charge in [0, 0.05) is 35.8 Å². The van der Waals surface area contributed by atoms with Gasteiger partial charge < -0.3 is 19.6 Å². The van der Waals surface area contributed by atoms with E-state index in [4.69, 9.17) is 21.7 Å². The molecule has 34 heavy (non-hydrogen) atoms. The number of H-pyrrole nitrogens is 2. The van der Waals surface area contributed by atoms with Crippen molar-refractivity contribution in [3.63, 3.8) is 0 Å². The number of nitrogens with zero attached hydrogens (tertiary/aromatic N) is 2. The Morgan fingerprint density at radius 2 is 2.03 bits per heavy atom. The molecule has 0 aliphatic carbocycles. The number of methoxy groups -OCH3 is 2. The quantitative estimate of drug-likeness (QED) is 0.213. The number of nitrogens with one attached hydrogen (secondary N) is 2. The minimum absolute atomic E-state index is 0.00351. The molecule has 1 atom stereocenters. The Kier molecular flexibility index (Phi) is 6.60. The lowest BCUT2D eigenvalue weighted by molar-refractivity contribution is -0.142. The molecule has 2 aromatic heterocycles. The molecule has 174 valence electrons. The Morgan fingerprint density at radius 1 is 1.24 bits per heavy atom. The maximum Gasteiger partial charge on any atom is 0.330 e. The summed E-state index contributed by atoms with van der Waals surface area (Å²) in [5.74, 6) is -0.441. The summed E-state index contributed by atoms with van der Waals surface area (Å²) in [4.78, 5) is 35.0. The number of carbonyl (C=O) groups is 1. The highest BCUT2D eigenvalue weighted by Gasteiger charge is 2.21. The smallest absolute Gasteiger partial charge is 0.330 e. The Bertz CT molecular complexity index is 1500. The highest BCUT2D eigenvalue weighted by molar-refractivity contribution is 7.71. The predicted octanol–water partition coefficient (Wildman–Crippen LogP) is 3.29. The van der Waals surface area contributed by atoms with E-state index in [0.29, 0.717) is 11.4 Å². The summed E-state index contributed by atoms with van der Waals surface area (Å²) >= 11 is 5.25. The summed E-state index contributed by atoms with van der Waals surface area (Å²) in [5, 5.41) is 11.9. The normalized spacial score (nSPS) is 12.2. The number of benzene rings is 2. The number of esters is 1. The molecular formula is C24H22N4O5S. The Morgan fingerprint density at radius 3 is 2.79 bits per heavy atom. The van der Waals surface area contributed by atoms with Crippen LogP contribution in [0.4, 0.5) is 0 Å². The van der Waals surface area contributed by atoms with E-state index in [-0.39, 0.29) is 16.8 Å². The molecule has 0 unspecified atom stereocenters. The molecule has 2 heterocycles. The second-order valence-corrected chi connectivity index (χ2v) is 7.80. The number of aromatic amines is 2. The zero-order chi connectivity index (χ0) is 24.2. The largest absolute Gasteiger partial charge is 0.497 e. The van der Waals surface area contributed by atoms with Crippen LogP contribution < -0.4 is 10.3 Å². The van der Waals surface area contributed by atoms with Crippen molar-refractivity contribution in [1.29, 1.82) is 0 Å². The average Bonchev–Trinajstić information content (AvgIpc) is 3.25. The molecule has 10 heteroatoms. The van der Waals surface area contributed by atoms with Crippen molar-refractivity contribution in [2.45, 2.75) is 12.5 Å². The van der Waals surface area contributed by atoms with Crippen LogP contribution in [0.2, 0.25) is 0 Å². The SMILES string of the molecule is COC(=O)[C@H](Cc1c[nH]c2ccccc12)N=Cc1c(O)n(-c2cccc(OC)c2)c(=S)[nH]c1=O. The van der Waals surface area contributed by atoms with Crippen LogP contribution in [0.25, 0.3) is 16.6 Å². The van der Waals surface area contributed by atoms with E-state index < -0.39 is 23.5 Å². The zero-order valence-electron chi connectivity index (χ0n) is 18.4. The fraction of sp³-hybridized carbons (Fsp3) is 0.167. The van der Waals surface area contributed by atoms with Gasteiger partial charge in [0.2, 0.25) is 5.88 Å². The predicted molar refractivity (Wildman–Crippen MR) is 131 cm³/mol. The molecule has 0 bridgehead atoms. The third kappa shape index (κ3) is 4.48. The number of aliphatic imine (C=N–C) groups is 1. The maximum atomic E-state index is 12.6. The van der Waals surface area contributed by atoms with Crippen molar-refractivity contribution in [2.24, 2.45) is 4.99 Å². The van der Waals surface area contributed by atoms with Crippen molar-refractivity contribution in [3.8, 4) is 17.3 Å². The van der Waals surface area contributed by atoms with Gasteiger partial charge in [0.1, 0.15) is 11.3 Å². The first-order valence-corrected chi connectivity index (χ1v) is 10.7. The molecule has 2 aromatic carbocycles. The third-order valence-corrected chi connectivity index (χ3v) is 5.66. The Labute approximate surface area is 199 Å². The van der Waals surface area contributed by atoms with Crippen LogP contribution in [-0.2, 0) is 16.0 Å². The summed E-state index contributed by atoms with van der Waals surface area (Å²) in [6, 6.07) is 13.6. The van der Waals surface area contributed by atoms with Crippen molar-refractivity contribution < 1.29 is 19.4 Å². The lowest BCUT2D eigenvalue weighted by atomic mass is 10.1. The summed E-state index contributed by atoms with van der Waals surface area (Å²) in [6.45, 7) is 0. The molecule has 0 aliphatic rings. The van der Waals surface area contributed by atoms with Crippen molar-refractivity contribution in [1.82, 2.24) is 14.5 Å². The van der Waals surface area contributed by atoms with Crippen LogP contribution in [0, 0.1) is 4.77 Å². The van der Waals surface area contributed by atoms with Gasteiger partial charge in [-0.05, 0) is 36.0 Å². The second-order valence-electron chi connectivity index (χ2n) is 7.41. The minimum Gasteiger partial charge on any atom is -0.497 e. The highest BCUT2D eigenvalue weighted by Crippen LogP contribution is 2.23. The molecular weight excluding hydrogens is 456 g/mol. The zero-order valence-corrected chi connectivity index (χ0v) is 19.3. The number of aromatic nitrogens is 3. The molecule has 0 amide bonds. The molecule has 0 saturated heterocycles. The molecule has 0 saturated carbocycles. The van der Waals surface area contributed by atoms with Crippen LogP contribution in [0.3, 0.4) is 0 Å². The van der Waals surface area contributed by atoms with Gasteiger partial charge in [-0.15, -0.1) is 0 Å². The second kappa shape index (κ2) is 9.75. The number of hydrogen-bond acceptors (Lipinski definition) is 7. The van der Waals surface area contributed by atoms with E-state index in [1.165, 1.54) is 18.8 Å². The summed E-state index contributed by atoms with van der Waals surface area (Å²) in [7, 11) is 2.79. The fourth-order valence-electron chi connectivity index (χ4n) is 3.65. The van der Waals surface area contributed by atoms with Crippen LogP contribution in [0.15, 0.2) is 64.5 Å². The van der Waals surface area contributed by atoms with Gasteiger partial charge in [0.05, 0.1) is 19.9 Å². The number of para-hydroxylation sites is 1. The van der Waals surface area contributed by atoms with E-state index in [2.05, 4.69) is 15.0 Å². The van der Waals surface area contributed by atoms with Gasteiger partial charge >= 0.3 is 5.97 Å². The van der Waals surface area contributed by atoms with Crippen molar-refractivity contribution in [3.05, 3.63) is 81.0 Å². The van der Waals surface area contributed by atoms with Crippen LogP contribution in [-0.4, -0.2) is 52.1 Å². The average molecular weight is 479 g/mol. The lowest BCUT2D eigenvalue weighted by Crippen LogP contribution is -2.24. The van der Waals surface area contributed by atoms with Gasteiger partial charge in [0.15, 0.2) is 10.8 Å². The molecule has 0 spiro atoms. The first kappa shape index (κ1) is 23.0. The van der Waals surface area contributed by atoms with E-state index in [9.17, 15) is 14.7 Å². The van der Waals surface area contributed by atoms with Gasteiger partial charge in [-0.25, -0.2) is 4.79 Å². The molecule has 0 fully saturated rings. The molecule has 4 aromatic rings. The van der Waals surface area contributed by atoms with E-state index in [1.807, 2.05) is 30.5 Å². The fourth-order valence-corrected chi connectivity index (χ4v) is 3.93. The number of ether oxygens (including phenoxy) is 2. The lowest BCUT2D eigenvalue weighted by Gasteiger charge is -2.13. The molecule has 3 N–H and O–H groups in total. The molecule has 4 rings (SSSR count). The van der Waals surface area contributed by atoms with Gasteiger partial charge in [-0.3, -0.25) is 19.3 Å². The van der Waals surface area contributed by atoms with Gasteiger partial charge in [0.25, 0.3) is 5.56 Å². The number of aromatic hydroxyl groups is 1. The first-order chi connectivity index (χ1) is 16.4. The van der Waals surface area contributed by atoms with Crippen LogP contribution in [0.1, 0.15) is 11.1 Å². The standard InChI is InChI=1S/C24H22N4O5S/c1-32-16-7-5-6-15(11-16)28-22(30)18(21(29)27-24(28)34)13-26-20(23(31)33-2)10-14-12-25-19-9-4-3-8-17(14)19/h3-9,11-13,20,25,30H,10H2,1-2H3,(H,27,29,34)/t20-/m0/s1. The monoisotopic (exact) mass is 478 g/mol. The van der Waals surface area contributed by atoms with Crippen LogP contribution >= 0.6 is 12.2 Å². The van der Waals surface area contributed by atoms with Gasteiger partial charge in [-0.1, -0.05) is 24.3 Å². The molecule has 0 aliphatic heterocycles. The van der Waals surface area contributed by atoms with Crippen molar-refractivity contribution in [2.75, 3.05) is 14.2 Å². The van der Waals surface area contributed by atoms with E-state index >= 15 is 0 Å². The van der Waals surface area contributed by atoms with Gasteiger partial charge in [-0.2, -0.15) is 0 Å².